The van der Waals surface area contributed by atoms with Crippen LogP contribution in [0.5, 0.6) is 0 Å². The Labute approximate surface area is 132 Å². The molecule has 23 heavy (non-hydrogen) atoms. The molecule has 0 aromatic heterocycles. The summed E-state index contributed by atoms with van der Waals surface area (Å²) in [5.74, 6) is -1.21. The highest BCUT2D eigenvalue weighted by molar-refractivity contribution is 5.89. The van der Waals surface area contributed by atoms with Crippen LogP contribution in [0.25, 0.3) is 0 Å². The maximum absolute atomic E-state index is 12.1. The van der Waals surface area contributed by atoms with Crippen LogP contribution in [0.3, 0.4) is 0 Å². The van der Waals surface area contributed by atoms with Crippen LogP contribution in [0.15, 0.2) is 30.3 Å². The Morgan fingerprint density at radius 1 is 1.22 bits per heavy atom. The van der Waals surface area contributed by atoms with E-state index >= 15 is 0 Å². The first kappa shape index (κ1) is 17.4. The maximum Gasteiger partial charge on any atom is 0.340 e. The fraction of sp³-hybridized carbons (Fsp3) is 0.467. The summed E-state index contributed by atoms with van der Waals surface area (Å²) >= 11 is 0. The second-order valence-electron chi connectivity index (χ2n) is 5.20. The highest BCUT2D eigenvalue weighted by Gasteiger charge is 2.46. The van der Waals surface area contributed by atoms with Gasteiger partial charge in [-0.25, -0.2) is 4.79 Å². The van der Waals surface area contributed by atoms with Gasteiger partial charge in [-0.3, -0.25) is 4.79 Å². The molecule has 8 nitrogen and oxygen atoms in total. The number of aliphatic hydroxyl groups excluding tert-OH is 3. The van der Waals surface area contributed by atoms with Crippen molar-refractivity contribution in [2.45, 2.75) is 37.6 Å². The van der Waals surface area contributed by atoms with Gasteiger partial charge in [0, 0.05) is 6.92 Å². The number of rotatable bonds is 4. The van der Waals surface area contributed by atoms with E-state index < -0.39 is 49.1 Å². The first-order chi connectivity index (χ1) is 10.9. The first-order valence-electron chi connectivity index (χ1n) is 7.09. The zero-order chi connectivity index (χ0) is 17.0. The number of ether oxygens (including phenoxy) is 2. The van der Waals surface area contributed by atoms with Gasteiger partial charge in [-0.15, -0.1) is 0 Å². The Hall–Kier alpha value is -2.00. The summed E-state index contributed by atoms with van der Waals surface area (Å²) in [7, 11) is 0. The number of amides is 1. The summed E-state index contributed by atoms with van der Waals surface area (Å²) in [4.78, 5) is 23.4. The molecule has 4 N–H and O–H groups in total. The number of carbonyl (C=O) groups is 2. The third-order valence-corrected chi connectivity index (χ3v) is 3.48. The van der Waals surface area contributed by atoms with Crippen molar-refractivity contribution in [3.63, 3.8) is 0 Å². The quantitative estimate of drug-likeness (QED) is 0.512. The van der Waals surface area contributed by atoms with Crippen molar-refractivity contribution in [2.24, 2.45) is 0 Å². The molecular formula is C15H19NO7. The van der Waals surface area contributed by atoms with E-state index in [1.807, 2.05) is 0 Å². The predicted octanol–water partition coefficient (Wildman–Crippen LogP) is -1.21. The Morgan fingerprint density at radius 3 is 2.43 bits per heavy atom. The van der Waals surface area contributed by atoms with E-state index in [0.717, 1.165) is 0 Å². The van der Waals surface area contributed by atoms with Crippen molar-refractivity contribution >= 4 is 11.9 Å². The molecule has 126 valence electrons. The summed E-state index contributed by atoms with van der Waals surface area (Å²) in [5.41, 5.74) is 0.263. The average molecular weight is 325 g/mol. The number of benzene rings is 1. The smallest absolute Gasteiger partial charge is 0.340 e. The van der Waals surface area contributed by atoms with Gasteiger partial charge in [0.1, 0.15) is 24.4 Å². The van der Waals surface area contributed by atoms with Crippen LogP contribution in [0.2, 0.25) is 0 Å². The van der Waals surface area contributed by atoms with E-state index in [1.54, 1.807) is 18.2 Å². The number of carbonyl (C=O) groups excluding carboxylic acids is 2. The highest BCUT2D eigenvalue weighted by atomic mass is 16.7. The molecule has 0 radical (unpaired) electrons. The van der Waals surface area contributed by atoms with Crippen molar-refractivity contribution in [3.05, 3.63) is 35.9 Å². The molecule has 1 aromatic rings. The maximum atomic E-state index is 12.1. The zero-order valence-electron chi connectivity index (χ0n) is 12.5. The van der Waals surface area contributed by atoms with Crippen LogP contribution in [0.4, 0.5) is 0 Å². The summed E-state index contributed by atoms with van der Waals surface area (Å²) in [6.07, 6.45) is -5.37. The molecule has 0 aliphatic carbocycles. The van der Waals surface area contributed by atoms with E-state index in [-0.39, 0.29) is 5.56 Å². The van der Waals surface area contributed by atoms with Crippen molar-refractivity contribution in [1.82, 2.24) is 5.32 Å². The zero-order valence-corrected chi connectivity index (χ0v) is 12.5. The molecule has 8 heteroatoms. The van der Waals surface area contributed by atoms with Crippen molar-refractivity contribution in [2.75, 3.05) is 6.61 Å². The first-order valence-corrected chi connectivity index (χ1v) is 7.09. The van der Waals surface area contributed by atoms with Crippen LogP contribution in [-0.2, 0) is 14.3 Å². The second kappa shape index (κ2) is 7.51. The van der Waals surface area contributed by atoms with E-state index in [1.165, 1.54) is 19.1 Å². The fourth-order valence-electron chi connectivity index (χ4n) is 2.32. The lowest BCUT2D eigenvalue weighted by atomic mass is 9.97. The van der Waals surface area contributed by atoms with Crippen LogP contribution in [0.1, 0.15) is 17.3 Å². The summed E-state index contributed by atoms with van der Waals surface area (Å²) in [6, 6.07) is 6.95. The van der Waals surface area contributed by atoms with Gasteiger partial charge in [0.05, 0.1) is 12.2 Å². The molecular weight excluding hydrogens is 306 g/mol. The Balaban J connectivity index is 2.17. The van der Waals surface area contributed by atoms with E-state index in [9.17, 15) is 24.9 Å². The van der Waals surface area contributed by atoms with Crippen LogP contribution < -0.4 is 5.32 Å². The monoisotopic (exact) mass is 325 g/mol. The van der Waals surface area contributed by atoms with Gasteiger partial charge < -0.3 is 30.1 Å². The van der Waals surface area contributed by atoms with Crippen LogP contribution in [-0.4, -0.2) is 64.4 Å². The van der Waals surface area contributed by atoms with E-state index in [4.69, 9.17) is 9.47 Å². The summed E-state index contributed by atoms with van der Waals surface area (Å²) in [6.45, 7) is 0.637. The van der Waals surface area contributed by atoms with Gasteiger partial charge in [0.15, 0.2) is 0 Å². The Kier molecular flexibility index (Phi) is 5.67. The van der Waals surface area contributed by atoms with Crippen molar-refractivity contribution in [1.29, 1.82) is 0 Å². The minimum Gasteiger partial charge on any atom is -0.430 e. The molecule has 1 fully saturated rings. The predicted molar refractivity (Wildman–Crippen MR) is 77.2 cm³/mol. The van der Waals surface area contributed by atoms with Crippen LogP contribution in [0, 0.1) is 0 Å². The number of hydrogen-bond acceptors (Lipinski definition) is 7. The molecule has 0 bridgehead atoms. The lowest BCUT2D eigenvalue weighted by Crippen LogP contribution is -2.64. The largest absolute Gasteiger partial charge is 0.430 e. The Bertz CT molecular complexity index is 550. The third kappa shape index (κ3) is 4.05. The number of esters is 1. The van der Waals surface area contributed by atoms with E-state index in [0.29, 0.717) is 0 Å². The van der Waals surface area contributed by atoms with Crippen LogP contribution >= 0.6 is 0 Å². The van der Waals surface area contributed by atoms with Gasteiger partial charge in [0.25, 0.3) is 0 Å². The van der Waals surface area contributed by atoms with Gasteiger partial charge in [-0.1, -0.05) is 18.2 Å². The van der Waals surface area contributed by atoms with E-state index in [2.05, 4.69) is 5.32 Å². The molecule has 1 saturated heterocycles. The second-order valence-corrected chi connectivity index (χ2v) is 5.20. The Morgan fingerprint density at radius 2 is 1.87 bits per heavy atom. The molecule has 1 aliphatic rings. The summed E-state index contributed by atoms with van der Waals surface area (Å²) in [5, 5.41) is 31.5. The SMILES string of the molecule is CC(=O)N[C@@H]1[C@@H](OC(=O)c2ccccc2)O[C@H](CO)[C@@H](O)[C@@H]1O. The van der Waals surface area contributed by atoms with Gasteiger partial charge in [-0.05, 0) is 12.1 Å². The average Bonchev–Trinajstić information content (AvgIpc) is 2.54. The molecule has 0 spiro atoms. The molecule has 1 aliphatic heterocycles. The van der Waals surface area contributed by atoms with Crippen molar-refractivity contribution < 1.29 is 34.4 Å². The molecule has 0 unspecified atom stereocenters. The highest BCUT2D eigenvalue weighted by Crippen LogP contribution is 2.23. The number of aliphatic hydroxyl groups is 3. The molecule has 2 rings (SSSR count). The molecule has 0 saturated carbocycles. The number of hydrogen-bond donors (Lipinski definition) is 4. The third-order valence-electron chi connectivity index (χ3n) is 3.48. The standard InChI is InChI=1S/C15H19NO7/c1-8(18)16-11-13(20)12(19)10(7-17)22-15(11)23-14(21)9-5-3-2-4-6-9/h2-6,10-13,15,17,19-20H,7H2,1H3,(H,16,18)/t10-,11+,12-,13-,15-/m1/s1. The minimum atomic E-state index is -1.46. The number of nitrogens with one attached hydrogen (secondary N) is 1. The minimum absolute atomic E-state index is 0.263. The van der Waals surface area contributed by atoms with Gasteiger partial charge >= 0.3 is 5.97 Å². The van der Waals surface area contributed by atoms with Gasteiger partial charge in [0.2, 0.25) is 12.2 Å². The summed E-state index contributed by atoms with van der Waals surface area (Å²) < 4.78 is 10.5. The molecule has 5 atom stereocenters. The molecule has 1 amide bonds. The van der Waals surface area contributed by atoms with Crippen molar-refractivity contribution in [3.8, 4) is 0 Å². The lowest BCUT2D eigenvalue weighted by Gasteiger charge is -2.41. The fourth-order valence-corrected chi connectivity index (χ4v) is 2.32. The molecule has 1 heterocycles. The van der Waals surface area contributed by atoms with Gasteiger partial charge in [-0.2, -0.15) is 0 Å². The lowest BCUT2D eigenvalue weighted by molar-refractivity contribution is -0.253. The molecule has 1 aromatic carbocycles. The topological polar surface area (TPSA) is 125 Å². The normalized spacial score (nSPS) is 30.5.